The van der Waals surface area contributed by atoms with Crippen LogP contribution in [0.25, 0.3) is 17.2 Å². The molecule has 0 bridgehead atoms. The van der Waals surface area contributed by atoms with E-state index in [0.29, 0.717) is 12.2 Å². The SMILES string of the molecule is O=C=Nc1cccc(C=CCNC(=O)OCC2c3ccccc3-c3ccccc32)c1. The first-order valence-electron chi connectivity index (χ1n) is 9.69. The second-order valence-corrected chi connectivity index (χ2v) is 6.91. The number of isocyanates is 1. The van der Waals surface area contributed by atoms with Crippen LogP contribution in [0.1, 0.15) is 22.6 Å². The monoisotopic (exact) mass is 396 g/mol. The molecule has 0 saturated heterocycles. The molecular formula is C25H20N2O3. The maximum atomic E-state index is 12.1. The number of ether oxygens (including phenoxy) is 1. The molecule has 0 unspecified atom stereocenters. The molecule has 5 nitrogen and oxygen atoms in total. The maximum Gasteiger partial charge on any atom is 0.407 e. The molecule has 1 N–H and O–H groups in total. The molecule has 30 heavy (non-hydrogen) atoms. The van der Waals surface area contributed by atoms with Crippen LogP contribution in [0.15, 0.2) is 83.9 Å². The Morgan fingerprint density at radius 3 is 2.40 bits per heavy atom. The predicted molar refractivity (Wildman–Crippen MR) is 116 cm³/mol. The quantitative estimate of drug-likeness (QED) is 0.460. The van der Waals surface area contributed by atoms with Gasteiger partial charge in [-0.2, -0.15) is 4.99 Å². The van der Waals surface area contributed by atoms with Crippen LogP contribution in [0.3, 0.4) is 0 Å². The second kappa shape index (κ2) is 9.03. The number of carbonyl (C=O) groups excluding carboxylic acids is 2. The number of amides is 1. The number of benzene rings is 3. The minimum atomic E-state index is -0.458. The molecule has 1 amide bonds. The first-order valence-corrected chi connectivity index (χ1v) is 9.69. The first kappa shape index (κ1) is 19.4. The number of alkyl carbamates (subject to hydrolysis) is 1. The summed E-state index contributed by atoms with van der Waals surface area (Å²) in [5.41, 5.74) is 6.18. The normalized spacial score (nSPS) is 12.1. The molecule has 5 heteroatoms. The molecule has 0 atom stereocenters. The van der Waals surface area contributed by atoms with Crippen LogP contribution in [-0.4, -0.2) is 25.3 Å². The lowest BCUT2D eigenvalue weighted by molar-refractivity contribution is 0.144. The molecule has 0 fully saturated rings. The molecule has 4 rings (SSSR count). The van der Waals surface area contributed by atoms with E-state index in [2.05, 4.69) is 34.6 Å². The smallest absolute Gasteiger partial charge is 0.407 e. The molecule has 3 aromatic rings. The van der Waals surface area contributed by atoms with Gasteiger partial charge in [-0.1, -0.05) is 72.8 Å². The topological polar surface area (TPSA) is 67.8 Å². The molecule has 0 aliphatic heterocycles. The summed E-state index contributed by atoms with van der Waals surface area (Å²) >= 11 is 0. The number of nitrogens with one attached hydrogen (secondary N) is 1. The highest BCUT2D eigenvalue weighted by molar-refractivity contribution is 5.79. The van der Waals surface area contributed by atoms with Crippen molar-refractivity contribution in [3.8, 4) is 11.1 Å². The summed E-state index contributed by atoms with van der Waals surface area (Å²) in [5.74, 6) is 0.0415. The summed E-state index contributed by atoms with van der Waals surface area (Å²) in [6.07, 6.45) is 4.71. The molecule has 1 aliphatic rings. The van der Waals surface area contributed by atoms with Gasteiger partial charge in [-0.3, -0.25) is 0 Å². The zero-order valence-corrected chi connectivity index (χ0v) is 16.2. The predicted octanol–water partition coefficient (Wildman–Crippen LogP) is 5.21. The van der Waals surface area contributed by atoms with Gasteiger partial charge in [-0.05, 0) is 39.9 Å². The van der Waals surface area contributed by atoms with Crippen LogP contribution in [0.2, 0.25) is 0 Å². The van der Waals surface area contributed by atoms with Crippen LogP contribution in [0.5, 0.6) is 0 Å². The van der Waals surface area contributed by atoms with Gasteiger partial charge in [-0.15, -0.1) is 0 Å². The fraction of sp³-hybridized carbons (Fsp3) is 0.120. The zero-order valence-electron chi connectivity index (χ0n) is 16.2. The van der Waals surface area contributed by atoms with Crippen LogP contribution in [0.4, 0.5) is 10.5 Å². The number of aliphatic imine (C=N–C) groups is 1. The Morgan fingerprint density at radius 2 is 1.70 bits per heavy atom. The molecule has 1 aliphatic carbocycles. The maximum absolute atomic E-state index is 12.1. The molecule has 0 saturated carbocycles. The summed E-state index contributed by atoms with van der Waals surface area (Å²) in [7, 11) is 0. The highest BCUT2D eigenvalue weighted by atomic mass is 16.5. The molecule has 0 aromatic heterocycles. The van der Waals surface area contributed by atoms with Gasteiger partial charge in [0.05, 0.1) is 5.69 Å². The number of nitrogens with zero attached hydrogens (tertiary/aromatic N) is 1. The standard InChI is InChI=1S/C25H20N2O3/c28-17-27-19-9-5-7-18(15-19)8-6-14-26-25(29)30-16-24-22-12-3-1-10-20(22)21-11-2-4-13-23(21)24/h1-13,15,24H,14,16H2,(H,26,29). The molecule has 148 valence electrons. The Hall–Kier alpha value is -3.95. The third-order valence-electron chi connectivity index (χ3n) is 5.06. The number of carbonyl (C=O) groups is 1. The summed E-state index contributed by atoms with van der Waals surface area (Å²) in [6.45, 7) is 0.618. The van der Waals surface area contributed by atoms with E-state index in [1.54, 1.807) is 18.2 Å². The van der Waals surface area contributed by atoms with Gasteiger partial charge in [0.15, 0.2) is 0 Å². The molecule has 0 radical (unpaired) electrons. The van der Waals surface area contributed by atoms with E-state index >= 15 is 0 Å². The lowest BCUT2D eigenvalue weighted by atomic mass is 9.98. The van der Waals surface area contributed by atoms with Crippen molar-refractivity contribution >= 4 is 23.9 Å². The van der Waals surface area contributed by atoms with E-state index in [0.717, 1.165) is 5.56 Å². The third-order valence-corrected chi connectivity index (χ3v) is 5.06. The van der Waals surface area contributed by atoms with Crippen molar-refractivity contribution in [2.45, 2.75) is 5.92 Å². The van der Waals surface area contributed by atoms with Gasteiger partial charge in [0.25, 0.3) is 0 Å². The Balaban J connectivity index is 1.32. The van der Waals surface area contributed by atoms with Crippen molar-refractivity contribution in [2.24, 2.45) is 4.99 Å². The van der Waals surface area contributed by atoms with Gasteiger partial charge < -0.3 is 10.1 Å². The fourth-order valence-electron chi connectivity index (χ4n) is 3.74. The molecular weight excluding hydrogens is 376 g/mol. The van der Waals surface area contributed by atoms with Gasteiger partial charge in [-0.25, -0.2) is 9.59 Å². The average Bonchev–Trinajstić information content (AvgIpc) is 3.10. The summed E-state index contributed by atoms with van der Waals surface area (Å²) in [4.78, 5) is 26.1. The highest BCUT2D eigenvalue weighted by Gasteiger charge is 2.28. The van der Waals surface area contributed by atoms with Gasteiger partial charge in [0.1, 0.15) is 6.61 Å². The summed E-state index contributed by atoms with van der Waals surface area (Å²) in [5, 5.41) is 2.73. The Kier molecular flexibility index (Phi) is 5.83. The third kappa shape index (κ3) is 4.22. The van der Waals surface area contributed by atoms with Crippen molar-refractivity contribution in [3.63, 3.8) is 0 Å². The number of rotatable bonds is 6. The van der Waals surface area contributed by atoms with Crippen LogP contribution in [0, 0.1) is 0 Å². The minimum absolute atomic E-state index is 0.0415. The van der Waals surface area contributed by atoms with E-state index in [1.807, 2.05) is 42.5 Å². The molecule has 3 aromatic carbocycles. The zero-order chi connectivity index (χ0) is 20.8. The number of fused-ring (bicyclic) bond motifs is 3. The van der Waals surface area contributed by atoms with E-state index in [-0.39, 0.29) is 12.5 Å². The first-order chi connectivity index (χ1) is 14.8. The Bertz CT molecular complexity index is 1100. The van der Waals surface area contributed by atoms with Crippen molar-refractivity contribution in [1.29, 1.82) is 0 Å². The second-order valence-electron chi connectivity index (χ2n) is 6.91. The fourth-order valence-corrected chi connectivity index (χ4v) is 3.74. The number of hydrogen-bond donors (Lipinski definition) is 1. The van der Waals surface area contributed by atoms with Crippen molar-refractivity contribution in [3.05, 3.63) is 95.6 Å². The van der Waals surface area contributed by atoms with Crippen molar-refractivity contribution in [2.75, 3.05) is 13.2 Å². The van der Waals surface area contributed by atoms with Crippen LogP contribution in [-0.2, 0) is 9.53 Å². The summed E-state index contributed by atoms with van der Waals surface area (Å²) in [6, 6.07) is 23.6. The van der Waals surface area contributed by atoms with Crippen LogP contribution < -0.4 is 5.32 Å². The van der Waals surface area contributed by atoms with E-state index in [1.165, 1.54) is 28.3 Å². The van der Waals surface area contributed by atoms with E-state index in [9.17, 15) is 9.59 Å². The average molecular weight is 396 g/mol. The lowest BCUT2D eigenvalue weighted by Gasteiger charge is -2.14. The molecule has 0 spiro atoms. The Morgan fingerprint density at radius 1 is 1.00 bits per heavy atom. The largest absolute Gasteiger partial charge is 0.449 e. The highest BCUT2D eigenvalue weighted by Crippen LogP contribution is 2.44. The van der Waals surface area contributed by atoms with Crippen molar-refractivity contribution < 1.29 is 14.3 Å². The van der Waals surface area contributed by atoms with Gasteiger partial charge in [0, 0.05) is 12.5 Å². The van der Waals surface area contributed by atoms with Crippen molar-refractivity contribution in [1.82, 2.24) is 5.32 Å². The van der Waals surface area contributed by atoms with Gasteiger partial charge >= 0.3 is 6.09 Å². The van der Waals surface area contributed by atoms with Gasteiger partial charge in [0.2, 0.25) is 6.08 Å². The lowest BCUT2D eigenvalue weighted by Crippen LogP contribution is -2.26. The van der Waals surface area contributed by atoms with E-state index in [4.69, 9.17) is 4.74 Å². The van der Waals surface area contributed by atoms with Crippen LogP contribution >= 0.6 is 0 Å². The minimum Gasteiger partial charge on any atom is -0.449 e. The summed E-state index contributed by atoms with van der Waals surface area (Å²) < 4.78 is 5.50. The van der Waals surface area contributed by atoms with E-state index < -0.39 is 6.09 Å². The Labute approximate surface area is 174 Å². The molecule has 0 heterocycles. The number of hydrogen-bond acceptors (Lipinski definition) is 4.